The summed E-state index contributed by atoms with van der Waals surface area (Å²) in [6.45, 7) is 1.44. The number of likely N-dealkylation sites (tertiary alicyclic amines) is 1. The Morgan fingerprint density at radius 3 is 2.55 bits per heavy atom. The molecule has 6 nitrogen and oxygen atoms in total. The number of halogens is 1. The van der Waals surface area contributed by atoms with Crippen molar-refractivity contribution < 1.29 is 14.3 Å². The highest BCUT2D eigenvalue weighted by Crippen LogP contribution is 2.29. The summed E-state index contributed by atoms with van der Waals surface area (Å²) >= 11 is 0. The van der Waals surface area contributed by atoms with E-state index in [0.717, 1.165) is 37.9 Å². The molecule has 0 bridgehead atoms. The Bertz CT molecular complexity index is 1340. The van der Waals surface area contributed by atoms with Gasteiger partial charge in [0.2, 0.25) is 0 Å². The molecular weight excluding hydrogens is 419 g/mol. The first-order chi connectivity index (χ1) is 16.1. The number of benzene rings is 2. The number of amides is 1. The van der Waals surface area contributed by atoms with Crippen LogP contribution in [0, 0.1) is 5.82 Å². The number of hydrogen-bond donors (Lipinski definition) is 2. The molecule has 0 saturated carbocycles. The molecule has 1 saturated heterocycles. The van der Waals surface area contributed by atoms with Crippen LogP contribution in [0.15, 0.2) is 54.6 Å². The van der Waals surface area contributed by atoms with E-state index < -0.39 is 0 Å². The molecule has 0 spiro atoms. The number of fused-ring (bicyclic) bond motifs is 1. The molecule has 7 heteroatoms. The Morgan fingerprint density at radius 2 is 1.79 bits per heavy atom. The number of rotatable bonds is 4. The molecule has 2 aromatic heterocycles. The largest absolute Gasteiger partial charge is 0.508 e. The van der Waals surface area contributed by atoms with Gasteiger partial charge >= 0.3 is 0 Å². The van der Waals surface area contributed by atoms with E-state index in [0.29, 0.717) is 33.5 Å². The molecule has 0 atom stereocenters. The van der Waals surface area contributed by atoms with Crippen molar-refractivity contribution in [1.29, 1.82) is 0 Å². The van der Waals surface area contributed by atoms with Gasteiger partial charge in [-0.3, -0.25) is 9.89 Å². The number of aromatic hydroxyl groups is 1. The average Bonchev–Trinajstić information content (AvgIpc) is 3.26. The Morgan fingerprint density at radius 1 is 1.03 bits per heavy atom. The Labute approximate surface area is 190 Å². The summed E-state index contributed by atoms with van der Waals surface area (Å²) in [6.07, 6.45) is 6.47. The lowest BCUT2D eigenvalue weighted by atomic mass is 10.0. The quantitative estimate of drug-likeness (QED) is 0.451. The van der Waals surface area contributed by atoms with Crippen LogP contribution in [0.3, 0.4) is 0 Å². The van der Waals surface area contributed by atoms with Gasteiger partial charge in [-0.1, -0.05) is 18.2 Å². The number of phenols is 1. The number of phenolic OH excluding ortho intramolecular Hbond substituents is 1. The van der Waals surface area contributed by atoms with Crippen LogP contribution in [-0.2, 0) is 0 Å². The molecule has 0 unspecified atom stereocenters. The lowest BCUT2D eigenvalue weighted by Crippen LogP contribution is -2.35. The summed E-state index contributed by atoms with van der Waals surface area (Å²) in [4.78, 5) is 20.1. The molecule has 4 aromatic rings. The van der Waals surface area contributed by atoms with Gasteiger partial charge in [-0.05, 0) is 67.8 Å². The van der Waals surface area contributed by atoms with E-state index in [9.17, 15) is 14.3 Å². The van der Waals surface area contributed by atoms with Crippen molar-refractivity contribution >= 4 is 29.1 Å². The summed E-state index contributed by atoms with van der Waals surface area (Å²) in [7, 11) is 0. The van der Waals surface area contributed by atoms with Crippen molar-refractivity contribution in [2.45, 2.75) is 19.3 Å². The van der Waals surface area contributed by atoms with Crippen molar-refractivity contribution in [1.82, 2.24) is 20.1 Å². The zero-order valence-corrected chi connectivity index (χ0v) is 18.0. The zero-order chi connectivity index (χ0) is 22.8. The SMILES string of the molecule is O=C(c1cc(-c2ccc(O)cc2)nc2n[nH]c(/C=C/c3ccccc3F)c12)N1CCCCC1. The highest BCUT2D eigenvalue weighted by Gasteiger charge is 2.24. The van der Waals surface area contributed by atoms with Crippen LogP contribution in [0.1, 0.15) is 40.9 Å². The van der Waals surface area contributed by atoms with Gasteiger partial charge in [-0.25, -0.2) is 9.37 Å². The minimum atomic E-state index is -0.324. The fourth-order valence-corrected chi connectivity index (χ4v) is 4.17. The molecule has 3 heterocycles. The number of aromatic nitrogens is 3. The van der Waals surface area contributed by atoms with Crippen LogP contribution in [-0.4, -0.2) is 44.2 Å². The third-order valence-corrected chi connectivity index (χ3v) is 5.92. The highest BCUT2D eigenvalue weighted by molar-refractivity contribution is 6.09. The first-order valence-electron chi connectivity index (χ1n) is 11.0. The molecule has 1 fully saturated rings. The molecule has 1 aliphatic rings. The lowest BCUT2D eigenvalue weighted by molar-refractivity contribution is 0.0726. The molecule has 1 amide bonds. The summed E-state index contributed by atoms with van der Waals surface area (Å²) in [6, 6.07) is 15.0. The van der Waals surface area contributed by atoms with Crippen LogP contribution >= 0.6 is 0 Å². The number of aromatic amines is 1. The maximum absolute atomic E-state index is 14.1. The molecule has 2 aromatic carbocycles. The van der Waals surface area contributed by atoms with Crippen molar-refractivity contribution in [2.24, 2.45) is 0 Å². The minimum absolute atomic E-state index is 0.0657. The Kier molecular flexibility index (Phi) is 5.60. The van der Waals surface area contributed by atoms with E-state index >= 15 is 0 Å². The summed E-state index contributed by atoms with van der Waals surface area (Å²) in [5.41, 5.74) is 3.32. The number of piperidine rings is 1. The van der Waals surface area contributed by atoms with Crippen LogP contribution in [0.4, 0.5) is 4.39 Å². The van der Waals surface area contributed by atoms with Gasteiger partial charge in [0.1, 0.15) is 11.6 Å². The number of H-pyrrole nitrogens is 1. The third-order valence-electron chi connectivity index (χ3n) is 5.92. The maximum Gasteiger partial charge on any atom is 0.254 e. The molecule has 166 valence electrons. The zero-order valence-electron chi connectivity index (χ0n) is 18.0. The number of pyridine rings is 1. The topological polar surface area (TPSA) is 82.1 Å². The predicted molar refractivity (Wildman–Crippen MR) is 126 cm³/mol. The second-order valence-electron chi connectivity index (χ2n) is 8.15. The van der Waals surface area contributed by atoms with Crippen molar-refractivity contribution in [2.75, 3.05) is 13.1 Å². The Hall–Kier alpha value is -4.00. The van der Waals surface area contributed by atoms with E-state index in [1.165, 1.54) is 6.07 Å². The van der Waals surface area contributed by atoms with Gasteiger partial charge in [0, 0.05) is 24.2 Å². The summed E-state index contributed by atoms with van der Waals surface area (Å²) in [5, 5.41) is 17.5. The van der Waals surface area contributed by atoms with Crippen LogP contribution < -0.4 is 0 Å². The first-order valence-corrected chi connectivity index (χ1v) is 11.0. The molecular formula is C26H23FN4O2. The van der Waals surface area contributed by atoms with E-state index in [-0.39, 0.29) is 17.5 Å². The third kappa shape index (κ3) is 4.22. The van der Waals surface area contributed by atoms with E-state index in [1.54, 1.807) is 60.7 Å². The fourth-order valence-electron chi connectivity index (χ4n) is 4.17. The molecule has 33 heavy (non-hydrogen) atoms. The van der Waals surface area contributed by atoms with E-state index in [4.69, 9.17) is 0 Å². The van der Waals surface area contributed by atoms with Crippen molar-refractivity contribution in [3.63, 3.8) is 0 Å². The molecule has 2 N–H and O–H groups in total. The van der Waals surface area contributed by atoms with Crippen molar-refractivity contribution in [3.8, 4) is 17.0 Å². The smallest absolute Gasteiger partial charge is 0.254 e. The normalized spacial score (nSPS) is 14.3. The van der Waals surface area contributed by atoms with Crippen LogP contribution in [0.5, 0.6) is 5.75 Å². The van der Waals surface area contributed by atoms with Gasteiger partial charge in [-0.2, -0.15) is 5.10 Å². The second-order valence-corrected chi connectivity index (χ2v) is 8.15. The highest BCUT2D eigenvalue weighted by atomic mass is 19.1. The number of carbonyl (C=O) groups excluding carboxylic acids is 1. The van der Waals surface area contributed by atoms with Gasteiger partial charge in [-0.15, -0.1) is 0 Å². The number of hydrogen-bond acceptors (Lipinski definition) is 4. The van der Waals surface area contributed by atoms with E-state index in [2.05, 4.69) is 15.2 Å². The van der Waals surface area contributed by atoms with Gasteiger partial charge in [0.15, 0.2) is 5.65 Å². The van der Waals surface area contributed by atoms with Crippen molar-refractivity contribution in [3.05, 3.63) is 77.2 Å². The van der Waals surface area contributed by atoms with E-state index in [1.807, 2.05) is 4.90 Å². The minimum Gasteiger partial charge on any atom is -0.508 e. The van der Waals surface area contributed by atoms with Gasteiger partial charge < -0.3 is 10.0 Å². The summed E-state index contributed by atoms with van der Waals surface area (Å²) < 4.78 is 14.1. The second kappa shape index (κ2) is 8.86. The average molecular weight is 442 g/mol. The van der Waals surface area contributed by atoms with Crippen LogP contribution in [0.25, 0.3) is 34.4 Å². The fraction of sp³-hybridized carbons (Fsp3) is 0.192. The van der Waals surface area contributed by atoms with Gasteiger partial charge in [0.05, 0.1) is 22.3 Å². The number of nitrogens with zero attached hydrogens (tertiary/aromatic N) is 3. The first kappa shape index (κ1) is 20.9. The molecule has 0 radical (unpaired) electrons. The molecule has 5 rings (SSSR count). The standard InChI is InChI=1S/C26H23FN4O2/c27-21-7-3-2-6-17(21)10-13-22-24-20(26(33)31-14-4-1-5-15-31)16-23(28-25(24)30-29-22)18-8-11-19(32)12-9-18/h2-3,6-13,16,32H,1,4-5,14-15H2,(H,28,29,30)/b13-10+. The molecule has 0 aliphatic carbocycles. The summed E-state index contributed by atoms with van der Waals surface area (Å²) in [5.74, 6) is -0.233. The Balaban J connectivity index is 1.63. The van der Waals surface area contributed by atoms with Gasteiger partial charge in [0.25, 0.3) is 5.91 Å². The maximum atomic E-state index is 14.1. The number of carbonyl (C=O) groups is 1. The monoisotopic (exact) mass is 442 g/mol. The lowest BCUT2D eigenvalue weighted by Gasteiger charge is -2.27. The van der Waals surface area contributed by atoms with Crippen LogP contribution in [0.2, 0.25) is 0 Å². The molecule has 1 aliphatic heterocycles. The predicted octanol–water partition coefficient (Wildman–Crippen LogP) is 5.27. The number of nitrogens with one attached hydrogen (secondary N) is 1.